The average Bonchev–Trinajstić information content (AvgIpc) is 2.40. The summed E-state index contributed by atoms with van der Waals surface area (Å²) in [5.41, 5.74) is 0.482. The smallest absolute Gasteiger partial charge is 0.243 e. The normalized spacial score (nSPS) is 10.3. The van der Waals surface area contributed by atoms with Gasteiger partial charge in [-0.25, -0.2) is 8.78 Å². The van der Waals surface area contributed by atoms with Crippen molar-refractivity contribution in [2.75, 3.05) is 17.2 Å². The van der Waals surface area contributed by atoms with Gasteiger partial charge in [-0.05, 0) is 40.2 Å². The second-order valence-corrected chi connectivity index (χ2v) is 5.39. The number of anilines is 2. The summed E-state index contributed by atoms with van der Waals surface area (Å²) < 4.78 is 26.9. The largest absolute Gasteiger partial charge is 0.374 e. The summed E-state index contributed by atoms with van der Waals surface area (Å²) in [6, 6.07) is 8.19. The number of para-hydroxylation sites is 1. The molecule has 0 saturated carbocycles. The molecular weight excluding hydrogens is 366 g/mol. The number of carbonyl (C=O) groups excluding carboxylic acids is 1. The Kier molecular flexibility index (Phi) is 5.14. The molecule has 0 radical (unpaired) electrons. The van der Waals surface area contributed by atoms with Crippen LogP contribution >= 0.6 is 27.5 Å². The Morgan fingerprint density at radius 3 is 2.62 bits per heavy atom. The van der Waals surface area contributed by atoms with Crippen LogP contribution in [0.15, 0.2) is 40.9 Å². The number of nitrogens with one attached hydrogen (secondary N) is 2. The average molecular weight is 376 g/mol. The molecule has 3 nitrogen and oxygen atoms in total. The molecule has 0 saturated heterocycles. The van der Waals surface area contributed by atoms with Crippen molar-refractivity contribution < 1.29 is 13.6 Å². The fourth-order valence-corrected chi connectivity index (χ4v) is 2.60. The molecule has 2 aromatic rings. The van der Waals surface area contributed by atoms with Crippen molar-refractivity contribution in [3.8, 4) is 0 Å². The lowest BCUT2D eigenvalue weighted by Gasteiger charge is -2.11. The predicted octanol–water partition coefficient (Wildman–Crippen LogP) is 4.43. The van der Waals surface area contributed by atoms with Gasteiger partial charge in [0.05, 0.1) is 22.9 Å². The number of hydrogen-bond acceptors (Lipinski definition) is 2. The van der Waals surface area contributed by atoms with Gasteiger partial charge in [-0.3, -0.25) is 4.79 Å². The lowest BCUT2D eigenvalue weighted by molar-refractivity contribution is -0.114. The van der Waals surface area contributed by atoms with Crippen molar-refractivity contribution in [3.63, 3.8) is 0 Å². The molecular formula is C14H10BrClF2N2O. The molecule has 110 valence electrons. The van der Waals surface area contributed by atoms with Crippen LogP contribution in [0.1, 0.15) is 0 Å². The number of hydrogen-bond donors (Lipinski definition) is 2. The predicted molar refractivity (Wildman–Crippen MR) is 82.6 cm³/mol. The zero-order valence-electron chi connectivity index (χ0n) is 10.6. The van der Waals surface area contributed by atoms with Gasteiger partial charge in [-0.1, -0.05) is 23.7 Å². The molecule has 2 aromatic carbocycles. The fraction of sp³-hybridized carbons (Fsp3) is 0.0714. The SMILES string of the molecule is O=C(CNc1c(Cl)cc(F)cc1Br)Nc1ccccc1F. The summed E-state index contributed by atoms with van der Waals surface area (Å²) in [6.45, 7) is -0.141. The molecule has 0 unspecified atom stereocenters. The third kappa shape index (κ3) is 4.15. The van der Waals surface area contributed by atoms with E-state index in [4.69, 9.17) is 11.6 Å². The van der Waals surface area contributed by atoms with Crippen molar-refractivity contribution in [1.82, 2.24) is 0 Å². The lowest BCUT2D eigenvalue weighted by Crippen LogP contribution is -2.22. The molecule has 21 heavy (non-hydrogen) atoms. The van der Waals surface area contributed by atoms with E-state index in [9.17, 15) is 13.6 Å². The Morgan fingerprint density at radius 1 is 1.24 bits per heavy atom. The van der Waals surface area contributed by atoms with E-state index >= 15 is 0 Å². The third-order valence-corrected chi connectivity index (χ3v) is 3.50. The zero-order valence-corrected chi connectivity index (χ0v) is 12.9. The highest BCUT2D eigenvalue weighted by molar-refractivity contribution is 9.10. The summed E-state index contributed by atoms with van der Waals surface area (Å²) in [5.74, 6) is -1.47. The van der Waals surface area contributed by atoms with Gasteiger partial charge < -0.3 is 10.6 Å². The van der Waals surface area contributed by atoms with Gasteiger partial charge in [0.2, 0.25) is 5.91 Å². The minimum atomic E-state index is -0.521. The summed E-state index contributed by atoms with van der Waals surface area (Å²) >= 11 is 9.03. The quantitative estimate of drug-likeness (QED) is 0.830. The molecule has 1 amide bonds. The Morgan fingerprint density at radius 2 is 1.95 bits per heavy atom. The van der Waals surface area contributed by atoms with E-state index in [1.54, 1.807) is 6.07 Å². The van der Waals surface area contributed by atoms with Crippen molar-refractivity contribution in [2.45, 2.75) is 0 Å². The Labute approximate surface area is 133 Å². The molecule has 0 fully saturated rings. The van der Waals surface area contributed by atoms with E-state index in [2.05, 4.69) is 26.6 Å². The molecule has 2 rings (SSSR count). The van der Waals surface area contributed by atoms with E-state index in [0.29, 0.717) is 10.2 Å². The summed E-state index contributed by atoms with van der Waals surface area (Å²) in [7, 11) is 0. The van der Waals surface area contributed by atoms with Crippen LogP contribution in [-0.4, -0.2) is 12.5 Å². The number of amides is 1. The first-order valence-corrected chi connectivity index (χ1v) is 7.07. The van der Waals surface area contributed by atoms with Crippen LogP contribution in [-0.2, 0) is 4.79 Å². The van der Waals surface area contributed by atoms with Crippen molar-refractivity contribution in [2.24, 2.45) is 0 Å². The molecule has 2 N–H and O–H groups in total. The highest BCUT2D eigenvalue weighted by atomic mass is 79.9. The Bertz CT molecular complexity index is 659. The maximum absolute atomic E-state index is 13.4. The van der Waals surface area contributed by atoms with Crippen LogP contribution in [0.3, 0.4) is 0 Å². The van der Waals surface area contributed by atoms with E-state index < -0.39 is 17.5 Å². The van der Waals surface area contributed by atoms with Gasteiger partial charge in [-0.2, -0.15) is 0 Å². The van der Waals surface area contributed by atoms with Gasteiger partial charge in [0.1, 0.15) is 11.6 Å². The van der Waals surface area contributed by atoms with Crippen molar-refractivity contribution >= 4 is 44.8 Å². The highest BCUT2D eigenvalue weighted by Crippen LogP contribution is 2.31. The first kappa shape index (κ1) is 15.7. The molecule has 0 aliphatic carbocycles. The van der Waals surface area contributed by atoms with Crippen LogP contribution < -0.4 is 10.6 Å². The minimum absolute atomic E-state index is 0.0913. The zero-order chi connectivity index (χ0) is 15.4. The summed E-state index contributed by atoms with van der Waals surface area (Å²) in [4.78, 5) is 11.8. The van der Waals surface area contributed by atoms with Gasteiger partial charge in [0.15, 0.2) is 0 Å². The maximum atomic E-state index is 13.4. The van der Waals surface area contributed by atoms with E-state index in [0.717, 1.165) is 6.07 Å². The molecule has 0 aromatic heterocycles. The van der Waals surface area contributed by atoms with Crippen LogP contribution in [0, 0.1) is 11.6 Å². The van der Waals surface area contributed by atoms with E-state index in [1.165, 1.54) is 24.3 Å². The third-order valence-electron chi connectivity index (χ3n) is 2.58. The first-order valence-electron chi connectivity index (χ1n) is 5.90. The summed E-state index contributed by atoms with van der Waals surface area (Å²) in [5, 5.41) is 5.33. The van der Waals surface area contributed by atoms with Gasteiger partial charge in [0.25, 0.3) is 0 Å². The first-order chi connectivity index (χ1) is 9.97. The van der Waals surface area contributed by atoms with Crippen LogP contribution in [0.5, 0.6) is 0 Å². The lowest BCUT2D eigenvalue weighted by atomic mass is 10.3. The molecule has 7 heteroatoms. The monoisotopic (exact) mass is 374 g/mol. The van der Waals surface area contributed by atoms with Crippen LogP contribution in [0.2, 0.25) is 5.02 Å². The number of benzene rings is 2. The van der Waals surface area contributed by atoms with E-state index in [-0.39, 0.29) is 17.3 Å². The number of halogens is 4. The minimum Gasteiger partial charge on any atom is -0.374 e. The molecule has 0 atom stereocenters. The number of rotatable bonds is 4. The fourth-order valence-electron chi connectivity index (χ4n) is 1.64. The van der Waals surface area contributed by atoms with E-state index in [1.807, 2.05) is 0 Å². The van der Waals surface area contributed by atoms with Gasteiger partial charge >= 0.3 is 0 Å². The molecule has 0 heterocycles. The van der Waals surface area contributed by atoms with Gasteiger partial charge in [0, 0.05) is 4.47 Å². The Hall–Kier alpha value is -1.66. The molecule has 0 bridgehead atoms. The Balaban J connectivity index is 2.01. The molecule has 0 aliphatic heterocycles. The van der Waals surface area contributed by atoms with Gasteiger partial charge in [-0.15, -0.1) is 0 Å². The van der Waals surface area contributed by atoms with Crippen LogP contribution in [0.4, 0.5) is 20.2 Å². The summed E-state index contributed by atoms with van der Waals surface area (Å²) in [6.07, 6.45) is 0. The van der Waals surface area contributed by atoms with Crippen molar-refractivity contribution in [3.05, 3.63) is 57.5 Å². The second kappa shape index (κ2) is 6.87. The van der Waals surface area contributed by atoms with Crippen LogP contribution in [0.25, 0.3) is 0 Å². The second-order valence-electron chi connectivity index (χ2n) is 4.13. The highest BCUT2D eigenvalue weighted by Gasteiger charge is 2.10. The van der Waals surface area contributed by atoms with Crippen molar-refractivity contribution in [1.29, 1.82) is 0 Å². The maximum Gasteiger partial charge on any atom is 0.243 e. The molecule has 0 aliphatic rings. The topological polar surface area (TPSA) is 41.1 Å². The molecule has 0 spiro atoms. The standard InChI is InChI=1S/C14H10BrClF2N2O/c15-9-5-8(17)6-10(16)14(9)19-7-13(21)20-12-4-2-1-3-11(12)18/h1-6,19H,7H2,(H,20,21). The number of carbonyl (C=O) groups is 1.